The Morgan fingerprint density at radius 3 is 2.77 bits per heavy atom. The summed E-state index contributed by atoms with van der Waals surface area (Å²) in [6, 6.07) is 5.71. The molecule has 4 N–H and O–H groups in total. The molecular formula is C15H16FN5O. The Bertz CT molecular complexity index is 766. The van der Waals surface area contributed by atoms with Crippen LogP contribution in [-0.4, -0.2) is 15.9 Å². The van der Waals surface area contributed by atoms with E-state index in [0.29, 0.717) is 5.69 Å². The summed E-state index contributed by atoms with van der Waals surface area (Å²) in [5.74, 6) is -0.0787. The molecule has 6 nitrogen and oxygen atoms in total. The van der Waals surface area contributed by atoms with Gasteiger partial charge in [-0.2, -0.15) is 4.99 Å². The van der Waals surface area contributed by atoms with E-state index in [1.807, 2.05) is 0 Å². The number of nitrogens with zero attached hydrogens (tertiary/aromatic N) is 2. The number of halogens is 1. The van der Waals surface area contributed by atoms with E-state index in [-0.39, 0.29) is 23.3 Å². The summed E-state index contributed by atoms with van der Waals surface area (Å²) >= 11 is 0. The molecule has 2 aromatic rings. The molecule has 1 heterocycles. The zero-order valence-corrected chi connectivity index (χ0v) is 11.9. The quantitative estimate of drug-likeness (QED) is 0.582. The lowest BCUT2D eigenvalue weighted by Gasteiger charge is -2.13. The number of aromatic amines is 1. The molecule has 1 aliphatic carbocycles. The maximum Gasteiger partial charge on any atom is 0.255 e. The van der Waals surface area contributed by atoms with Crippen molar-refractivity contribution in [1.29, 1.82) is 0 Å². The lowest BCUT2D eigenvalue weighted by atomic mass is 9.97. The van der Waals surface area contributed by atoms with Gasteiger partial charge >= 0.3 is 0 Å². The van der Waals surface area contributed by atoms with Crippen LogP contribution in [0.25, 0.3) is 0 Å². The molecule has 0 atom stereocenters. The number of hydrogen-bond acceptors (Lipinski definition) is 3. The van der Waals surface area contributed by atoms with Crippen molar-refractivity contribution in [3.8, 4) is 0 Å². The summed E-state index contributed by atoms with van der Waals surface area (Å²) in [5.41, 5.74) is 7.77. The number of guanidine groups is 1. The first-order valence-electron chi connectivity index (χ1n) is 7.10. The van der Waals surface area contributed by atoms with Gasteiger partial charge in [-0.25, -0.2) is 9.37 Å². The van der Waals surface area contributed by atoms with Crippen LogP contribution < -0.4 is 16.6 Å². The van der Waals surface area contributed by atoms with E-state index in [1.54, 1.807) is 12.1 Å². The largest absolute Gasteiger partial charge is 0.369 e. The fraction of sp³-hybridized carbons (Fsp3) is 0.267. The van der Waals surface area contributed by atoms with E-state index in [0.717, 1.165) is 36.9 Å². The number of aryl methyl sites for hydroxylation is 1. The fourth-order valence-electron chi connectivity index (χ4n) is 2.47. The summed E-state index contributed by atoms with van der Waals surface area (Å²) in [6.45, 7) is 0. The zero-order valence-electron chi connectivity index (χ0n) is 11.9. The molecule has 22 heavy (non-hydrogen) atoms. The van der Waals surface area contributed by atoms with Gasteiger partial charge in [-0.1, -0.05) is 0 Å². The molecule has 0 saturated heterocycles. The molecule has 0 spiro atoms. The molecule has 114 valence electrons. The fourth-order valence-corrected chi connectivity index (χ4v) is 2.47. The molecule has 1 aromatic carbocycles. The summed E-state index contributed by atoms with van der Waals surface area (Å²) in [5, 5.41) is 2.82. The van der Waals surface area contributed by atoms with Crippen molar-refractivity contribution < 1.29 is 4.39 Å². The lowest BCUT2D eigenvalue weighted by Crippen LogP contribution is -2.24. The van der Waals surface area contributed by atoms with Crippen molar-refractivity contribution >= 4 is 17.6 Å². The minimum atomic E-state index is -0.332. The number of nitrogens with one attached hydrogen (secondary N) is 2. The Balaban J connectivity index is 1.83. The predicted molar refractivity (Wildman–Crippen MR) is 82.8 cm³/mol. The van der Waals surface area contributed by atoms with Crippen molar-refractivity contribution in [2.45, 2.75) is 25.7 Å². The van der Waals surface area contributed by atoms with E-state index in [4.69, 9.17) is 5.73 Å². The average molecular weight is 301 g/mol. The van der Waals surface area contributed by atoms with E-state index >= 15 is 0 Å². The highest BCUT2D eigenvalue weighted by Crippen LogP contribution is 2.17. The van der Waals surface area contributed by atoms with Crippen molar-refractivity contribution in [2.24, 2.45) is 10.7 Å². The van der Waals surface area contributed by atoms with Gasteiger partial charge in [0, 0.05) is 11.3 Å². The highest BCUT2D eigenvalue weighted by molar-refractivity contribution is 5.93. The van der Waals surface area contributed by atoms with Crippen molar-refractivity contribution in [2.75, 3.05) is 5.32 Å². The number of aromatic nitrogens is 2. The number of anilines is 1. The standard InChI is InChI=1S/C15H16FN5O/c16-9-5-7-10(8-6-9)18-14(17)21-15-19-12-4-2-1-3-11(12)13(22)20-15/h5-8H,1-4H2,(H4,17,18,19,20,21,22). The number of rotatable bonds is 2. The van der Waals surface area contributed by atoms with E-state index in [9.17, 15) is 9.18 Å². The number of fused-ring (bicyclic) bond motifs is 1. The number of hydrogen-bond donors (Lipinski definition) is 3. The third-order valence-electron chi connectivity index (χ3n) is 3.52. The summed E-state index contributed by atoms with van der Waals surface area (Å²) in [7, 11) is 0. The lowest BCUT2D eigenvalue weighted by molar-refractivity contribution is 0.628. The number of nitrogens with two attached hydrogens (primary N) is 1. The minimum Gasteiger partial charge on any atom is -0.369 e. The minimum absolute atomic E-state index is 0.0746. The average Bonchev–Trinajstić information content (AvgIpc) is 2.49. The molecule has 0 saturated carbocycles. The normalized spacial score (nSPS) is 14.5. The molecule has 7 heteroatoms. The van der Waals surface area contributed by atoms with Crippen LogP contribution in [0.4, 0.5) is 16.0 Å². The monoisotopic (exact) mass is 301 g/mol. The molecule has 3 rings (SSSR count). The van der Waals surface area contributed by atoms with Gasteiger partial charge in [0.2, 0.25) is 11.9 Å². The van der Waals surface area contributed by atoms with Crippen molar-refractivity contribution in [3.63, 3.8) is 0 Å². The van der Waals surface area contributed by atoms with Crippen LogP contribution in [0.2, 0.25) is 0 Å². The van der Waals surface area contributed by atoms with Crippen LogP contribution in [0.5, 0.6) is 0 Å². The van der Waals surface area contributed by atoms with Gasteiger partial charge in [0.05, 0.1) is 5.69 Å². The molecule has 0 bridgehead atoms. The summed E-state index contributed by atoms with van der Waals surface area (Å²) in [4.78, 5) is 23.0. The number of aliphatic imine (C=N–C) groups is 1. The van der Waals surface area contributed by atoms with E-state index in [2.05, 4.69) is 20.3 Å². The maximum absolute atomic E-state index is 12.8. The van der Waals surface area contributed by atoms with Gasteiger partial charge in [-0.05, 0) is 49.9 Å². The molecule has 0 radical (unpaired) electrons. The number of benzene rings is 1. The first kappa shape index (κ1) is 14.2. The smallest absolute Gasteiger partial charge is 0.255 e. The SMILES string of the molecule is N/C(=N\c1nc2c(c(=O)[nH]1)CCCC2)Nc1ccc(F)cc1. The second kappa shape index (κ2) is 5.97. The Morgan fingerprint density at radius 2 is 2.00 bits per heavy atom. The van der Waals surface area contributed by atoms with Gasteiger partial charge in [-0.3, -0.25) is 9.78 Å². The molecule has 0 fully saturated rings. The Kier molecular flexibility index (Phi) is 3.86. The Hall–Kier alpha value is -2.70. The van der Waals surface area contributed by atoms with Crippen LogP contribution in [0, 0.1) is 5.82 Å². The van der Waals surface area contributed by atoms with Crippen molar-refractivity contribution in [3.05, 3.63) is 51.7 Å². The first-order chi connectivity index (χ1) is 10.6. The maximum atomic E-state index is 12.8. The van der Waals surface area contributed by atoms with Gasteiger partial charge in [0.25, 0.3) is 5.56 Å². The zero-order chi connectivity index (χ0) is 15.5. The summed E-state index contributed by atoms with van der Waals surface area (Å²) in [6.07, 6.45) is 3.57. The highest BCUT2D eigenvalue weighted by atomic mass is 19.1. The number of H-pyrrole nitrogens is 1. The van der Waals surface area contributed by atoms with Gasteiger partial charge in [0.15, 0.2) is 0 Å². The van der Waals surface area contributed by atoms with Gasteiger partial charge in [0.1, 0.15) is 5.82 Å². The second-order valence-corrected chi connectivity index (χ2v) is 5.15. The molecule has 1 aromatic heterocycles. The molecular weight excluding hydrogens is 285 g/mol. The molecule has 0 amide bonds. The summed E-state index contributed by atoms with van der Waals surface area (Å²) < 4.78 is 12.8. The van der Waals surface area contributed by atoms with Gasteiger partial charge < -0.3 is 11.1 Å². The first-order valence-corrected chi connectivity index (χ1v) is 7.10. The van der Waals surface area contributed by atoms with Crippen LogP contribution in [-0.2, 0) is 12.8 Å². The topological polar surface area (TPSA) is 96.2 Å². The third-order valence-corrected chi connectivity index (χ3v) is 3.52. The molecule has 0 unspecified atom stereocenters. The predicted octanol–water partition coefficient (Wildman–Crippen LogP) is 1.85. The van der Waals surface area contributed by atoms with Crippen LogP contribution in [0.1, 0.15) is 24.1 Å². The van der Waals surface area contributed by atoms with Crippen molar-refractivity contribution in [1.82, 2.24) is 9.97 Å². The molecule has 1 aliphatic rings. The van der Waals surface area contributed by atoms with E-state index < -0.39 is 0 Å². The molecule has 0 aliphatic heterocycles. The van der Waals surface area contributed by atoms with Crippen LogP contribution in [0.15, 0.2) is 34.1 Å². The van der Waals surface area contributed by atoms with Crippen LogP contribution >= 0.6 is 0 Å². The van der Waals surface area contributed by atoms with Gasteiger partial charge in [-0.15, -0.1) is 0 Å². The van der Waals surface area contributed by atoms with E-state index in [1.165, 1.54) is 12.1 Å². The third kappa shape index (κ3) is 3.13. The Labute approximate surface area is 126 Å². The highest BCUT2D eigenvalue weighted by Gasteiger charge is 2.15. The second-order valence-electron chi connectivity index (χ2n) is 5.15. The Morgan fingerprint density at radius 1 is 1.27 bits per heavy atom. The van der Waals surface area contributed by atoms with Crippen LogP contribution in [0.3, 0.4) is 0 Å².